The Labute approximate surface area is 113 Å². The van der Waals surface area contributed by atoms with Crippen molar-refractivity contribution in [3.8, 4) is 0 Å². The van der Waals surface area contributed by atoms with E-state index in [2.05, 4.69) is 34.6 Å². The average Bonchev–Trinajstić information content (AvgIpc) is 2.78. The molecule has 2 rings (SSSR count). The van der Waals surface area contributed by atoms with Crippen molar-refractivity contribution in [2.75, 3.05) is 0 Å². The van der Waals surface area contributed by atoms with E-state index < -0.39 is 0 Å². The molecule has 1 heterocycles. The van der Waals surface area contributed by atoms with E-state index >= 15 is 0 Å². The molecule has 0 saturated carbocycles. The van der Waals surface area contributed by atoms with Gasteiger partial charge in [-0.15, -0.1) is 0 Å². The lowest BCUT2D eigenvalue weighted by molar-refractivity contribution is 0.518. The van der Waals surface area contributed by atoms with Crippen molar-refractivity contribution >= 4 is 11.6 Å². The lowest BCUT2D eigenvalue weighted by atomic mass is 10.0. The Morgan fingerprint density at radius 2 is 2.06 bits per heavy atom. The van der Waals surface area contributed by atoms with E-state index in [0.717, 1.165) is 23.7 Å². The van der Waals surface area contributed by atoms with Crippen molar-refractivity contribution < 1.29 is 0 Å². The van der Waals surface area contributed by atoms with Gasteiger partial charge in [0.2, 0.25) is 0 Å². The first kappa shape index (κ1) is 13.1. The Kier molecular flexibility index (Phi) is 4.39. The quantitative estimate of drug-likeness (QED) is 0.865. The molecule has 0 spiro atoms. The number of aromatic amines is 1. The summed E-state index contributed by atoms with van der Waals surface area (Å²) in [4.78, 5) is 0. The highest BCUT2D eigenvalue weighted by Crippen LogP contribution is 2.19. The molecular formula is C14H18ClN3. The van der Waals surface area contributed by atoms with Crippen molar-refractivity contribution in [2.24, 2.45) is 0 Å². The molecule has 3 nitrogen and oxygen atoms in total. The van der Waals surface area contributed by atoms with Gasteiger partial charge in [-0.05, 0) is 31.0 Å². The fourth-order valence-corrected chi connectivity index (χ4v) is 2.11. The molecule has 0 amide bonds. The van der Waals surface area contributed by atoms with Crippen LogP contribution in [0.3, 0.4) is 0 Å². The monoisotopic (exact) mass is 263 g/mol. The first-order chi connectivity index (χ1) is 8.70. The lowest BCUT2D eigenvalue weighted by Crippen LogP contribution is -2.20. The third-order valence-corrected chi connectivity index (χ3v) is 3.41. The molecule has 96 valence electrons. The summed E-state index contributed by atoms with van der Waals surface area (Å²) in [7, 11) is 0. The van der Waals surface area contributed by atoms with E-state index in [1.807, 2.05) is 25.3 Å². The van der Waals surface area contributed by atoms with Gasteiger partial charge >= 0.3 is 0 Å². The highest BCUT2D eigenvalue weighted by atomic mass is 35.5. The van der Waals surface area contributed by atoms with E-state index in [9.17, 15) is 0 Å². The number of halogens is 1. The minimum atomic E-state index is 0.344. The third kappa shape index (κ3) is 3.12. The highest BCUT2D eigenvalue weighted by molar-refractivity contribution is 6.30. The Morgan fingerprint density at radius 1 is 1.33 bits per heavy atom. The average molecular weight is 264 g/mol. The van der Waals surface area contributed by atoms with Crippen LogP contribution in [0.25, 0.3) is 0 Å². The Morgan fingerprint density at radius 3 is 2.61 bits per heavy atom. The summed E-state index contributed by atoms with van der Waals surface area (Å²) < 4.78 is 0. The van der Waals surface area contributed by atoms with Gasteiger partial charge in [0, 0.05) is 28.9 Å². The zero-order valence-corrected chi connectivity index (χ0v) is 11.5. The first-order valence-electron chi connectivity index (χ1n) is 6.18. The summed E-state index contributed by atoms with van der Waals surface area (Å²) in [6, 6.07) is 8.36. The van der Waals surface area contributed by atoms with Crippen molar-refractivity contribution in [2.45, 2.75) is 32.9 Å². The maximum absolute atomic E-state index is 5.91. The van der Waals surface area contributed by atoms with Crippen LogP contribution in [-0.2, 0) is 6.54 Å². The number of aromatic nitrogens is 2. The predicted octanol–water partition coefficient (Wildman–Crippen LogP) is 3.61. The standard InChI is InChI=1S/C14H18ClN3/c1-3-14(11-4-6-13(15)7-5-11)16-8-12-9-17-18-10(12)2/h4-7,9,14,16H,3,8H2,1-2H3,(H,17,18). The van der Waals surface area contributed by atoms with E-state index in [1.54, 1.807) is 0 Å². The van der Waals surface area contributed by atoms with Crippen molar-refractivity contribution in [3.63, 3.8) is 0 Å². The molecule has 0 aliphatic rings. The van der Waals surface area contributed by atoms with Crippen molar-refractivity contribution in [1.82, 2.24) is 15.5 Å². The number of benzene rings is 1. The summed E-state index contributed by atoms with van der Waals surface area (Å²) in [5.74, 6) is 0. The predicted molar refractivity (Wildman–Crippen MR) is 74.6 cm³/mol. The zero-order chi connectivity index (χ0) is 13.0. The van der Waals surface area contributed by atoms with Crippen LogP contribution in [-0.4, -0.2) is 10.2 Å². The maximum Gasteiger partial charge on any atom is 0.0535 e. The molecule has 1 aromatic heterocycles. The van der Waals surface area contributed by atoms with Crippen LogP contribution in [0.2, 0.25) is 5.02 Å². The van der Waals surface area contributed by atoms with Crippen LogP contribution in [0.4, 0.5) is 0 Å². The van der Waals surface area contributed by atoms with Gasteiger partial charge in [0.1, 0.15) is 0 Å². The molecule has 2 aromatic rings. The van der Waals surface area contributed by atoms with Gasteiger partial charge < -0.3 is 5.32 Å². The maximum atomic E-state index is 5.91. The molecule has 0 radical (unpaired) electrons. The van der Waals surface area contributed by atoms with Crippen molar-refractivity contribution in [3.05, 3.63) is 52.3 Å². The van der Waals surface area contributed by atoms with E-state index in [1.165, 1.54) is 11.1 Å². The molecule has 1 aromatic carbocycles. The number of aryl methyl sites for hydroxylation is 1. The second-order valence-corrected chi connectivity index (χ2v) is 4.85. The SMILES string of the molecule is CCC(NCc1cn[nH]c1C)c1ccc(Cl)cc1. The minimum Gasteiger partial charge on any atom is -0.306 e. The van der Waals surface area contributed by atoms with Crippen LogP contribution in [0.15, 0.2) is 30.5 Å². The second kappa shape index (κ2) is 6.03. The van der Waals surface area contributed by atoms with Gasteiger partial charge in [0.25, 0.3) is 0 Å². The topological polar surface area (TPSA) is 40.7 Å². The smallest absolute Gasteiger partial charge is 0.0535 e. The van der Waals surface area contributed by atoms with E-state index in [0.29, 0.717) is 6.04 Å². The van der Waals surface area contributed by atoms with Gasteiger partial charge in [-0.25, -0.2) is 0 Å². The molecule has 0 saturated heterocycles. The summed E-state index contributed by atoms with van der Waals surface area (Å²) in [6.45, 7) is 5.03. The molecular weight excluding hydrogens is 246 g/mol. The van der Waals surface area contributed by atoms with Gasteiger partial charge in [-0.2, -0.15) is 5.10 Å². The fraction of sp³-hybridized carbons (Fsp3) is 0.357. The molecule has 0 aliphatic carbocycles. The largest absolute Gasteiger partial charge is 0.306 e. The van der Waals surface area contributed by atoms with Gasteiger partial charge in [-0.1, -0.05) is 30.7 Å². The number of nitrogens with one attached hydrogen (secondary N) is 2. The molecule has 1 unspecified atom stereocenters. The van der Waals surface area contributed by atoms with Crippen LogP contribution in [0.1, 0.15) is 36.2 Å². The lowest BCUT2D eigenvalue weighted by Gasteiger charge is -2.17. The van der Waals surface area contributed by atoms with Gasteiger partial charge in [-0.3, -0.25) is 5.10 Å². The third-order valence-electron chi connectivity index (χ3n) is 3.15. The number of rotatable bonds is 5. The minimum absolute atomic E-state index is 0.344. The van der Waals surface area contributed by atoms with E-state index in [-0.39, 0.29) is 0 Å². The zero-order valence-electron chi connectivity index (χ0n) is 10.7. The summed E-state index contributed by atoms with van der Waals surface area (Å²) in [6.07, 6.45) is 2.91. The molecule has 18 heavy (non-hydrogen) atoms. The summed E-state index contributed by atoms with van der Waals surface area (Å²) in [5, 5.41) is 11.3. The normalized spacial score (nSPS) is 12.6. The van der Waals surface area contributed by atoms with Crippen LogP contribution >= 0.6 is 11.6 Å². The Bertz CT molecular complexity index is 490. The number of H-pyrrole nitrogens is 1. The first-order valence-corrected chi connectivity index (χ1v) is 6.56. The number of hydrogen-bond donors (Lipinski definition) is 2. The molecule has 4 heteroatoms. The molecule has 1 atom stereocenters. The summed E-state index contributed by atoms with van der Waals surface area (Å²) >= 11 is 5.91. The molecule has 2 N–H and O–H groups in total. The molecule has 0 bridgehead atoms. The van der Waals surface area contributed by atoms with Gasteiger partial charge in [0.15, 0.2) is 0 Å². The second-order valence-electron chi connectivity index (χ2n) is 4.41. The Hall–Kier alpha value is -1.32. The number of hydrogen-bond acceptors (Lipinski definition) is 2. The molecule has 0 fully saturated rings. The van der Waals surface area contributed by atoms with Gasteiger partial charge in [0.05, 0.1) is 6.20 Å². The van der Waals surface area contributed by atoms with Crippen LogP contribution < -0.4 is 5.32 Å². The Balaban J connectivity index is 2.01. The fourth-order valence-electron chi connectivity index (χ4n) is 1.98. The molecule has 0 aliphatic heterocycles. The van der Waals surface area contributed by atoms with E-state index in [4.69, 9.17) is 11.6 Å². The number of nitrogens with zero attached hydrogens (tertiary/aromatic N) is 1. The highest BCUT2D eigenvalue weighted by Gasteiger charge is 2.09. The van der Waals surface area contributed by atoms with Crippen LogP contribution in [0.5, 0.6) is 0 Å². The van der Waals surface area contributed by atoms with Crippen molar-refractivity contribution in [1.29, 1.82) is 0 Å². The summed E-state index contributed by atoms with van der Waals surface area (Å²) in [5.41, 5.74) is 3.60. The van der Waals surface area contributed by atoms with Crippen LogP contribution in [0, 0.1) is 6.92 Å².